The lowest BCUT2D eigenvalue weighted by atomic mass is 10.3. The van der Waals surface area contributed by atoms with Crippen molar-refractivity contribution in [3.63, 3.8) is 0 Å². The molecular weight excluding hydrogens is 238 g/mol. The molecular formula is C11H19N3O2S. The van der Waals surface area contributed by atoms with E-state index in [9.17, 15) is 8.42 Å². The molecule has 1 aromatic heterocycles. The fourth-order valence-corrected chi connectivity index (χ4v) is 2.09. The van der Waals surface area contributed by atoms with Gasteiger partial charge in [-0.15, -0.1) is 0 Å². The first-order valence-electron chi connectivity index (χ1n) is 5.61. The van der Waals surface area contributed by atoms with Crippen LogP contribution in [0, 0.1) is 0 Å². The molecule has 0 radical (unpaired) electrons. The van der Waals surface area contributed by atoms with Crippen LogP contribution in [0.3, 0.4) is 0 Å². The van der Waals surface area contributed by atoms with Crippen molar-refractivity contribution in [2.24, 2.45) is 0 Å². The molecule has 0 fully saturated rings. The second-order valence-electron chi connectivity index (χ2n) is 3.95. The van der Waals surface area contributed by atoms with E-state index in [2.05, 4.69) is 17.2 Å². The zero-order valence-corrected chi connectivity index (χ0v) is 11.3. The molecule has 1 N–H and O–H groups in total. The summed E-state index contributed by atoms with van der Waals surface area (Å²) in [5.74, 6) is 0.705. The van der Waals surface area contributed by atoms with Gasteiger partial charge in [-0.25, -0.2) is 17.7 Å². The van der Waals surface area contributed by atoms with Crippen molar-refractivity contribution < 1.29 is 8.42 Å². The predicted octanol–water partition coefficient (Wildman–Crippen LogP) is 1.54. The van der Waals surface area contributed by atoms with Gasteiger partial charge in [-0.3, -0.25) is 0 Å². The molecule has 0 bridgehead atoms. The van der Waals surface area contributed by atoms with Crippen molar-refractivity contribution >= 4 is 15.8 Å². The van der Waals surface area contributed by atoms with E-state index < -0.39 is 10.0 Å². The third-order valence-electron chi connectivity index (χ3n) is 2.35. The number of nitrogens with zero attached hydrogens (tertiary/aromatic N) is 2. The zero-order valence-electron chi connectivity index (χ0n) is 10.5. The van der Waals surface area contributed by atoms with Crippen LogP contribution in [0.1, 0.15) is 19.8 Å². The second-order valence-corrected chi connectivity index (χ2v) is 6.10. The van der Waals surface area contributed by atoms with Gasteiger partial charge >= 0.3 is 0 Å². The number of sulfonamides is 1. The van der Waals surface area contributed by atoms with Gasteiger partial charge in [0.25, 0.3) is 0 Å². The number of hydrogen-bond donors (Lipinski definition) is 1. The summed E-state index contributed by atoms with van der Waals surface area (Å²) in [6.07, 6.45) is 3.56. The number of aromatic nitrogens is 1. The number of nitrogens with one attached hydrogen (secondary N) is 1. The first-order valence-corrected chi connectivity index (χ1v) is 7.05. The van der Waals surface area contributed by atoms with E-state index in [4.69, 9.17) is 0 Å². The Balaban J connectivity index is 2.75. The van der Waals surface area contributed by atoms with Gasteiger partial charge in [-0.2, -0.15) is 0 Å². The fourth-order valence-electron chi connectivity index (χ4n) is 1.24. The average Bonchev–Trinajstić information content (AvgIpc) is 2.30. The molecule has 0 aliphatic heterocycles. The minimum absolute atomic E-state index is 0.212. The first-order chi connectivity index (χ1) is 7.98. The minimum atomic E-state index is -3.38. The third kappa shape index (κ3) is 3.67. The molecule has 0 spiro atoms. The molecule has 17 heavy (non-hydrogen) atoms. The standard InChI is InChI=1S/C11H19N3O2S/c1-4-5-8-12-11-7-6-10(9-13-11)17(15,16)14(2)3/h6-7,9H,4-5,8H2,1-3H3,(H,12,13). The Labute approximate surface area is 103 Å². The third-order valence-corrected chi connectivity index (χ3v) is 4.15. The van der Waals surface area contributed by atoms with Crippen LogP contribution in [0.25, 0.3) is 0 Å². The highest BCUT2D eigenvalue weighted by Crippen LogP contribution is 2.13. The normalized spacial score (nSPS) is 11.8. The quantitative estimate of drug-likeness (QED) is 0.785. The summed E-state index contributed by atoms with van der Waals surface area (Å²) >= 11 is 0. The van der Waals surface area contributed by atoms with Crippen molar-refractivity contribution in [2.75, 3.05) is 26.0 Å². The highest BCUT2D eigenvalue weighted by molar-refractivity contribution is 7.89. The van der Waals surface area contributed by atoms with E-state index in [0.29, 0.717) is 5.82 Å². The van der Waals surface area contributed by atoms with Crippen molar-refractivity contribution in [1.82, 2.24) is 9.29 Å². The summed E-state index contributed by atoms with van der Waals surface area (Å²) in [4.78, 5) is 4.29. The van der Waals surface area contributed by atoms with E-state index in [1.165, 1.54) is 24.6 Å². The van der Waals surface area contributed by atoms with Gasteiger partial charge in [0.15, 0.2) is 0 Å². The van der Waals surface area contributed by atoms with Crippen LogP contribution < -0.4 is 5.32 Å². The van der Waals surface area contributed by atoms with Crippen LogP contribution in [0.15, 0.2) is 23.2 Å². The van der Waals surface area contributed by atoms with E-state index in [1.54, 1.807) is 12.1 Å². The number of hydrogen-bond acceptors (Lipinski definition) is 4. The average molecular weight is 257 g/mol. The van der Waals surface area contributed by atoms with Crippen LogP contribution >= 0.6 is 0 Å². The van der Waals surface area contributed by atoms with E-state index in [-0.39, 0.29) is 4.90 Å². The predicted molar refractivity (Wildman–Crippen MR) is 68.5 cm³/mol. The summed E-state index contributed by atoms with van der Waals surface area (Å²) in [6.45, 7) is 2.96. The minimum Gasteiger partial charge on any atom is -0.370 e. The maximum absolute atomic E-state index is 11.8. The number of pyridine rings is 1. The molecule has 0 aliphatic carbocycles. The van der Waals surface area contributed by atoms with Gasteiger partial charge in [0.2, 0.25) is 10.0 Å². The van der Waals surface area contributed by atoms with Crippen LogP contribution in [0.4, 0.5) is 5.82 Å². The smallest absolute Gasteiger partial charge is 0.244 e. The largest absolute Gasteiger partial charge is 0.370 e. The van der Waals surface area contributed by atoms with Gasteiger partial charge in [-0.1, -0.05) is 13.3 Å². The van der Waals surface area contributed by atoms with Crippen molar-refractivity contribution in [3.8, 4) is 0 Å². The molecule has 0 saturated heterocycles. The first kappa shape index (κ1) is 13.9. The SMILES string of the molecule is CCCCNc1ccc(S(=O)(=O)N(C)C)cn1. The molecule has 1 rings (SSSR count). The van der Waals surface area contributed by atoms with Crippen LogP contribution in [-0.2, 0) is 10.0 Å². The molecule has 5 nitrogen and oxygen atoms in total. The van der Waals surface area contributed by atoms with Gasteiger partial charge in [0, 0.05) is 26.8 Å². The van der Waals surface area contributed by atoms with Gasteiger partial charge in [0.05, 0.1) is 0 Å². The van der Waals surface area contributed by atoms with Crippen LogP contribution in [0.2, 0.25) is 0 Å². The molecule has 96 valence electrons. The Morgan fingerprint density at radius 3 is 2.53 bits per heavy atom. The molecule has 0 unspecified atom stereocenters. The monoisotopic (exact) mass is 257 g/mol. The maximum atomic E-state index is 11.8. The fraction of sp³-hybridized carbons (Fsp3) is 0.545. The van der Waals surface area contributed by atoms with Crippen molar-refractivity contribution in [1.29, 1.82) is 0 Å². The molecule has 0 aliphatic rings. The lowest BCUT2D eigenvalue weighted by Crippen LogP contribution is -2.22. The van der Waals surface area contributed by atoms with Crippen LogP contribution in [-0.4, -0.2) is 38.3 Å². The Morgan fingerprint density at radius 2 is 2.06 bits per heavy atom. The summed E-state index contributed by atoms with van der Waals surface area (Å²) in [6, 6.07) is 3.25. The molecule has 1 heterocycles. The molecule has 1 aromatic rings. The highest BCUT2D eigenvalue weighted by atomic mass is 32.2. The molecule has 0 aromatic carbocycles. The van der Waals surface area contributed by atoms with E-state index in [1.807, 2.05) is 0 Å². The Bertz CT molecular complexity index is 440. The molecule has 0 amide bonds. The van der Waals surface area contributed by atoms with Gasteiger partial charge in [-0.05, 0) is 18.6 Å². The number of unbranched alkanes of at least 4 members (excludes halogenated alkanes) is 1. The van der Waals surface area contributed by atoms with E-state index in [0.717, 1.165) is 19.4 Å². The Kier molecular flexibility index (Phi) is 4.89. The molecule has 6 heteroatoms. The molecule has 0 saturated carbocycles. The highest BCUT2D eigenvalue weighted by Gasteiger charge is 2.16. The summed E-state index contributed by atoms with van der Waals surface area (Å²) in [7, 11) is -0.370. The van der Waals surface area contributed by atoms with E-state index >= 15 is 0 Å². The topological polar surface area (TPSA) is 62.3 Å². The Morgan fingerprint density at radius 1 is 1.35 bits per heavy atom. The maximum Gasteiger partial charge on any atom is 0.244 e. The summed E-state index contributed by atoms with van der Waals surface area (Å²) in [5.41, 5.74) is 0. The van der Waals surface area contributed by atoms with Crippen molar-refractivity contribution in [2.45, 2.75) is 24.7 Å². The lowest BCUT2D eigenvalue weighted by Gasteiger charge is -2.11. The van der Waals surface area contributed by atoms with Gasteiger partial charge < -0.3 is 5.32 Å². The summed E-state index contributed by atoms with van der Waals surface area (Å²) < 4.78 is 24.7. The van der Waals surface area contributed by atoms with Gasteiger partial charge in [0.1, 0.15) is 10.7 Å². The number of anilines is 1. The second kappa shape index (κ2) is 5.97. The lowest BCUT2D eigenvalue weighted by molar-refractivity contribution is 0.520. The van der Waals surface area contributed by atoms with Crippen LogP contribution in [0.5, 0.6) is 0 Å². The molecule has 0 atom stereocenters. The zero-order chi connectivity index (χ0) is 12.9. The Hall–Kier alpha value is -1.14. The summed E-state index contributed by atoms with van der Waals surface area (Å²) in [5, 5.41) is 3.13. The number of rotatable bonds is 6. The van der Waals surface area contributed by atoms with Crippen molar-refractivity contribution in [3.05, 3.63) is 18.3 Å².